The number of hydrogen-bond acceptors (Lipinski definition) is 4. The standard InChI is InChI=1S/C10H8BrNO2S2/c1-14-7-4-2-6(3-5-7)12-9(13)8(11)16-10(12)15/h2-5,8H,1H3/t8-/m0/s1. The lowest BCUT2D eigenvalue weighted by atomic mass is 10.3. The number of methoxy groups -OCH3 is 1. The maximum Gasteiger partial charge on any atom is 0.256 e. The van der Waals surface area contributed by atoms with Gasteiger partial charge in [0.1, 0.15) is 14.2 Å². The van der Waals surface area contributed by atoms with Crippen molar-refractivity contribution >= 4 is 55.8 Å². The largest absolute Gasteiger partial charge is 0.497 e. The Morgan fingerprint density at radius 2 is 2.06 bits per heavy atom. The molecule has 0 bridgehead atoms. The highest BCUT2D eigenvalue weighted by molar-refractivity contribution is 9.12. The van der Waals surface area contributed by atoms with Crippen LogP contribution in [0.4, 0.5) is 5.69 Å². The van der Waals surface area contributed by atoms with E-state index in [-0.39, 0.29) is 10.1 Å². The van der Waals surface area contributed by atoms with Crippen molar-refractivity contribution in [2.24, 2.45) is 0 Å². The molecule has 0 saturated carbocycles. The zero-order valence-electron chi connectivity index (χ0n) is 8.34. The van der Waals surface area contributed by atoms with E-state index in [1.807, 2.05) is 12.1 Å². The summed E-state index contributed by atoms with van der Waals surface area (Å²) >= 11 is 9.75. The van der Waals surface area contributed by atoms with Crippen molar-refractivity contribution in [2.45, 2.75) is 4.16 Å². The summed E-state index contributed by atoms with van der Waals surface area (Å²) in [6.07, 6.45) is 0. The second-order valence-corrected chi connectivity index (χ2v) is 6.33. The molecule has 6 heteroatoms. The zero-order valence-corrected chi connectivity index (χ0v) is 11.6. The van der Waals surface area contributed by atoms with Gasteiger partial charge in [0.05, 0.1) is 12.8 Å². The van der Waals surface area contributed by atoms with Crippen LogP contribution in [0.15, 0.2) is 24.3 Å². The van der Waals surface area contributed by atoms with E-state index in [0.717, 1.165) is 11.4 Å². The summed E-state index contributed by atoms with van der Waals surface area (Å²) in [6.45, 7) is 0. The van der Waals surface area contributed by atoms with Gasteiger partial charge in [-0.25, -0.2) is 0 Å². The Kier molecular flexibility index (Phi) is 3.51. The lowest BCUT2D eigenvalue weighted by Gasteiger charge is -2.15. The monoisotopic (exact) mass is 317 g/mol. The first-order chi connectivity index (χ1) is 7.63. The first-order valence-electron chi connectivity index (χ1n) is 4.46. The van der Waals surface area contributed by atoms with Crippen LogP contribution in [0.25, 0.3) is 0 Å². The van der Waals surface area contributed by atoms with E-state index in [1.165, 1.54) is 16.7 Å². The number of benzene rings is 1. The molecule has 1 aromatic rings. The number of ether oxygens (including phenoxy) is 1. The van der Waals surface area contributed by atoms with Crippen molar-refractivity contribution in [1.82, 2.24) is 0 Å². The van der Waals surface area contributed by atoms with Gasteiger partial charge in [0.25, 0.3) is 5.91 Å². The predicted molar refractivity (Wildman–Crippen MR) is 73.4 cm³/mol. The number of hydrogen-bond donors (Lipinski definition) is 0. The Labute approximate surface area is 111 Å². The molecule has 0 aromatic heterocycles. The molecule has 1 heterocycles. The highest BCUT2D eigenvalue weighted by Crippen LogP contribution is 2.35. The third-order valence-corrected chi connectivity index (χ3v) is 4.35. The van der Waals surface area contributed by atoms with E-state index in [4.69, 9.17) is 17.0 Å². The third-order valence-electron chi connectivity index (χ3n) is 2.13. The van der Waals surface area contributed by atoms with Crippen LogP contribution in [-0.4, -0.2) is 21.5 Å². The number of amides is 1. The van der Waals surface area contributed by atoms with E-state index in [9.17, 15) is 4.79 Å². The SMILES string of the molecule is COc1ccc(N2C(=O)[C@@H](Br)SC2=S)cc1. The van der Waals surface area contributed by atoms with E-state index < -0.39 is 0 Å². The average molecular weight is 318 g/mol. The maximum absolute atomic E-state index is 11.8. The van der Waals surface area contributed by atoms with Crippen LogP contribution < -0.4 is 9.64 Å². The van der Waals surface area contributed by atoms with Gasteiger partial charge in [-0.2, -0.15) is 0 Å². The maximum atomic E-state index is 11.8. The minimum Gasteiger partial charge on any atom is -0.497 e. The molecule has 0 radical (unpaired) electrons. The number of carbonyl (C=O) groups is 1. The molecule has 1 amide bonds. The third kappa shape index (κ3) is 2.09. The van der Waals surface area contributed by atoms with E-state index in [0.29, 0.717) is 4.32 Å². The fourth-order valence-corrected chi connectivity index (χ4v) is 3.62. The summed E-state index contributed by atoms with van der Waals surface area (Å²) < 4.78 is 5.35. The predicted octanol–water partition coefficient (Wildman–Crippen LogP) is 2.78. The number of halogens is 1. The van der Waals surface area contributed by atoms with Gasteiger partial charge in [-0.05, 0) is 24.3 Å². The molecule has 0 unspecified atom stereocenters. The van der Waals surface area contributed by atoms with Gasteiger partial charge in [-0.15, -0.1) is 0 Å². The normalized spacial score (nSPS) is 20.4. The van der Waals surface area contributed by atoms with Gasteiger partial charge in [0.2, 0.25) is 0 Å². The van der Waals surface area contributed by atoms with Crippen molar-refractivity contribution in [3.63, 3.8) is 0 Å². The molecule has 84 valence electrons. The molecule has 16 heavy (non-hydrogen) atoms. The van der Waals surface area contributed by atoms with Gasteiger partial charge in [-0.3, -0.25) is 9.69 Å². The molecule has 0 aliphatic carbocycles. The topological polar surface area (TPSA) is 29.5 Å². The van der Waals surface area contributed by atoms with E-state index >= 15 is 0 Å². The van der Waals surface area contributed by atoms with E-state index in [1.54, 1.807) is 19.2 Å². The first-order valence-corrected chi connectivity index (χ1v) is 6.66. The number of nitrogens with zero attached hydrogens (tertiary/aromatic N) is 1. The van der Waals surface area contributed by atoms with E-state index in [2.05, 4.69) is 15.9 Å². The van der Waals surface area contributed by atoms with Crippen LogP contribution in [0.5, 0.6) is 5.75 Å². The molecular weight excluding hydrogens is 310 g/mol. The van der Waals surface area contributed by atoms with Crippen LogP contribution in [-0.2, 0) is 4.79 Å². The quantitative estimate of drug-likeness (QED) is 0.619. The van der Waals surface area contributed by atoms with Crippen molar-refractivity contribution in [1.29, 1.82) is 0 Å². The number of alkyl halides is 1. The van der Waals surface area contributed by atoms with Gasteiger partial charge in [0, 0.05) is 0 Å². The molecule has 1 fully saturated rings. The first kappa shape index (κ1) is 11.9. The molecule has 1 aliphatic rings. The van der Waals surface area contributed by atoms with Crippen molar-refractivity contribution in [3.8, 4) is 5.75 Å². The summed E-state index contributed by atoms with van der Waals surface area (Å²) in [5, 5.41) is 0. The van der Waals surface area contributed by atoms with Crippen molar-refractivity contribution in [2.75, 3.05) is 12.0 Å². The molecule has 2 rings (SSSR count). The number of thiocarbonyl (C=S) groups is 1. The van der Waals surface area contributed by atoms with Gasteiger partial charge in [0.15, 0.2) is 0 Å². The number of thioether (sulfide) groups is 1. The molecule has 0 spiro atoms. The summed E-state index contributed by atoms with van der Waals surface area (Å²) in [4.78, 5) is 13.3. The van der Waals surface area contributed by atoms with Crippen molar-refractivity contribution in [3.05, 3.63) is 24.3 Å². The summed E-state index contributed by atoms with van der Waals surface area (Å²) in [5.74, 6) is 0.713. The summed E-state index contributed by atoms with van der Waals surface area (Å²) in [5.41, 5.74) is 0.769. The Morgan fingerprint density at radius 1 is 1.44 bits per heavy atom. The average Bonchev–Trinajstić information content (AvgIpc) is 2.54. The lowest BCUT2D eigenvalue weighted by Crippen LogP contribution is -2.29. The summed E-state index contributed by atoms with van der Waals surface area (Å²) in [7, 11) is 1.60. The second-order valence-electron chi connectivity index (χ2n) is 3.07. The fourth-order valence-electron chi connectivity index (χ4n) is 1.35. The minimum absolute atomic E-state index is 0.0415. The molecule has 1 aromatic carbocycles. The van der Waals surface area contributed by atoms with Crippen LogP contribution in [0, 0.1) is 0 Å². The Morgan fingerprint density at radius 3 is 2.50 bits per heavy atom. The second kappa shape index (κ2) is 4.73. The highest BCUT2D eigenvalue weighted by Gasteiger charge is 2.36. The van der Waals surface area contributed by atoms with Gasteiger partial charge < -0.3 is 4.74 Å². The molecule has 0 N–H and O–H groups in total. The van der Waals surface area contributed by atoms with Gasteiger partial charge >= 0.3 is 0 Å². The number of anilines is 1. The molecule has 1 saturated heterocycles. The zero-order chi connectivity index (χ0) is 11.7. The number of rotatable bonds is 2. The van der Waals surface area contributed by atoms with Crippen LogP contribution >= 0.6 is 39.9 Å². The van der Waals surface area contributed by atoms with Crippen LogP contribution in [0.1, 0.15) is 0 Å². The Balaban J connectivity index is 2.30. The minimum atomic E-state index is -0.276. The summed E-state index contributed by atoms with van der Waals surface area (Å²) in [6, 6.07) is 7.23. The van der Waals surface area contributed by atoms with Gasteiger partial charge in [-0.1, -0.05) is 39.9 Å². The lowest BCUT2D eigenvalue weighted by molar-refractivity contribution is -0.115. The molecular formula is C10H8BrNO2S2. The van der Waals surface area contributed by atoms with Crippen molar-refractivity contribution < 1.29 is 9.53 Å². The highest BCUT2D eigenvalue weighted by atomic mass is 79.9. The Bertz CT molecular complexity index is 435. The smallest absolute Gasteiger partial charge is 0.256 e. The van der Waals surface area contributed by atoms with Crippen LogP contribution in [0.2, 0.25) is 0 Å². The molecule has 1 atom stereocenters. The van der Waals surface area contributed by atoms with Crippen LogP contribution in [0.3, 0.4) is 0 Å². The Hall–Kier alpha value is -0.590. The molecule has 3 nitrogen and oxygen atoms in total. The molecule has 1 aliphatic heterocycles. The fraction of sp³-hybridized carbons (Fsp3) is 0.200. The number of carbonyl (C=O) groups excluding carboxylic acids is 1.